The number of carbonyl (C=O) groups is 1. The highest BCUT2D eigenvalue weighted by molar-refractivity contribution is 5.96. The van der Waals surface area contributed by atoms with Crippen molar-refractivity contribution in [2.45, 2.75) is 19.2 Å². The summed E-state index contributed by atoms with van der Waals surface area (Å²) in [5.74, 6) is -1.62. The van der Waals surface area contributed by atoms with Gasteiger partial charge in [0.15, 0.2) is 11.5 Å². The van der Waals surface area contributed by atoms with Crippen molar-refractivity contribution in [3.05, 3.63) is 23.3 Å². The number of alkyl halides is 3. The predicted octanol–water partition coefficient (Wildman–Crippen LogP) is 2.67. The van der Waals surface area contributed by atoms with E-state index in [9.17, 15) is 23.1 Å². The molecule has 0 radical (unpaired) electrons. The van der Waals surface area contributed by atoms with Crippen molar-refractivity contribution in [2.75, 3.05) is 13.7 Å². The Morgan fingerprint density at radius 1 is 1.41 bits per heavy atom. The first-order valence-corrected chi connectivity index (χ1v) is 6.31. The third-order valence-electron chi connectivity index (χ3n) is 2.93. The average Bonchev–Trinajstić information content (AvgIpc) is 2.44. The maximum atomic E-state index is 13.1. The fourth-order valence-corrected chi connectivity index (χ4v) is 2.04. The Bertz CT molecular complexity index is 622. The number of phenols is 1. The molecule has 0 aromatic heterocycles. The molecule has 1 aromatic carbocycles. The number of esters is 1. The molecule has 1 aromatic rings. The van der Waals surface area contributed by atoms with E-state index in [-0.39, 0.29) is 29.4 Å². The molecule has 1 heterocycles. The minimum Gasteiger partial charge on any atom is -0.508 e. The number of rotatable bonds is 3. The Hall–Kier alpha value is -2.38. The number of carbonyl (C=O) groups excluding carboxylic acids is 1. The van der Waals surface area contributed by atoms with Crippen molar-refractivity contribution < 1.29 is 37.3 Å². The summed E-state index contributed by atoms with van der Waals surface area (Å²) in [6, 6.07) is 2.29. The largest absolute Gasteiger partial charge is 0.508 e. The van der Waals surface area contributed by atoms with Gasteiger partial charge in [0.2, 0.25) is 6.10 Å². The van der Waals surface area contributed by atoms with E-state index in [1.54, 1.807) is 0 Å². The molecule has 0 amide bonds. The number of phenolic OH excluding ortho intramolecular Hbond substituents is 1. The van der Waals surface area contributed by atoms with E-state index < -0.39 is 23.8 Å². The van der Waals surface area contributed by atoms with Crippen LogP contribution < -0.4 is 9.47 Å². The molecule has 0 aliphatic carbocycles. The van der Waals surface area contributed by atoms with Crippen molar-refractivity contribution in [2.24, 2.45) is 0 Å². The van der Waals surface area contributed by atoms with Crippen molar-refractivity contribution in [1.29, 1.82) is 0 Å². The second-order valence-corrected chi connectivity index (χ2v) is 4.43. The number of hydrogen-bond acceptors (Lipinski definition) is 5. The summed E-state index contributed by atoms with van der Waals surface area (Å²) in [4.78, 5) is 11.7. The van der Waals surface area contributed by atoms with Crippen LogP contribution in [0.25, 0.3) is 6.08 Å². The Balaban J connectivity index is 2.58. The molecular weight excluding hydrogens is 305 g/mol. The molecule has 5 nitrogen and oxygen atoms in total. The molecule has 1 unspecified atom stereocenters. The number of ether oxygens (including phenoxy) is 3. The van der Waals surface area contributed by atoms with E-state index >= 15 is 0 Å². The number of halogens is 3. The molecule has 1 aliphatic heterocycles. The zero-order valence-corrected chi connectivity index (χ0v) is 11.7. The first-order chi connectivity index (χ1) is 10.3. The first-order valence-electron chi connectivity index (χ1n) is 6.31. The van der Waals surface area contributed by atoms with Gasteiger partial charge in [0.05, 0.1) is 19.3 Å². The van der Waals surface area contributed by atoms with Crippen LogP contribution in [0.3, 0.4) is 0 Å². The number of aromatic hydroxyl groups is 1. The van der Waals surface area contributed by atoms with Crippen molar-refractivity contribution in [3.8, 4) is 17.2 Å². The van der Waals surface area contributed by atoms with Crippen molar-refractivity contribution in [3.63, 3.8) is 0 Å². The molecule has 8 heteroatoms. The van der Waals surface area contributed by atoms with Gasteiger partial charge in [-0.05, 0) is 19.1 Å². The van der Waals surface area contributed by atoms with Gasteiger partial charge in [-0.25, -0.2) is 4.79 Å². The highest BCUT2D eigenvalue weighted by atomic mass is 19.4. The van der Waals surface area contributed by atoms with E-state index in [4.69, 9.17) is 9.47 Å². The Kier molecular flexibility index (Phi) is 4.20. The molecule has 1 aliphatic rings. The normalized spacial score (nSPS) is 17.1. The van der Waals surface area contributed by atoms with Crippen LogP contribution in [0.2, 0.25) is 0 Å². The van der Waals surface area contributed by atoms with Crippen LogP contribution in [-0.4, -0.2) is 37.1 Å². The summed E-state index contributed by atoms with van der Waals surface area (Å²) in [5, 5.41) is 9.55. The number of benzene rings is 1. The molecular formula is C14H13F3O5. The molecule has 0 saturated heterocycles. The van der Waals surface area contributed by atoms with E-state index in [1.165, 1.54) is 20.1 Å². The van der Waals surface area contributed by atoms with Crippen LogP contribution in [0.5, 0.6) is 17.2 Å². The van der Waals surface area contributed by atoms with Gasteiger partial charge >= 0.3 is 12.1 Å². The van der Waals surface area contributed by atoms with Crippen LogP contribution >= 0.6 is 0 Å². The maximum absolute atomic E-state index is 13.1. The number of hydrogen-bond donors (Lipinski definition) is 1. The zero-order chi connectivity index (χ0) is 16.5. The fourth-order valence-electron chi connectivity index (χ4n) is 2.04. The second kappa shape index (κ2) is 5.78. The van der Waals surface area contributed by atoms with E-state index in [1.807, 2.05) is 0 Å². The van der Waals surface area contributed by atoms with Gasteiger partial charge in [-0.2, -0.15) is 13.2 Å². The lowest BCUT2D eigenvalue weighted by Gasteiger charge is -2.28. The Morgan fingerprint density at radius 3 is 2.64 bits per heavy atom. The van der Waals surface area contributed by atoms with Gasteiger partial charge in [0, 0.05) is 11.6 Å². The van der Waals surface area contributed by atoms with Crippen LogP contribution in [0, 0.1) is 0 Å². The van der Waals surface area contributed by atoms with E-state index in [2.05, 4.69) is 4.74 Å². The molecule has 1 N–H and O–H groups in total. The highest BCUT2D eigenvalue weighted by Gasteiger charge is 2.49. The standard InChI is InChI=1S/C14H13F3O5/c1-3-21-13(19)9-5-7-4-8(18)6-10(20-2)11(7)22-12(9)14(15,16)17/h4-6,12,18H,3H2,1-2H3. The molecule has 120 valence electrons. The summed E-state index contributed by atoms with van der Waals surface area (Å²) in [5.41, 5.74) is -0.588. The summed E-state index contributed by atoms with van der Waals surface area (Å²) in [7, 11) is 1.23. The van der Waals surface area contributed by atoms with Gasteiger partial charge in [0.1, 0.15) is 5.75 Å². The fraction of sp³-hybridized carbons (Fsp3) is 0.357. The third-order valence-corrected chi connectivity index (χ3v) is 2.93. The highest BCUT2D eigenvalue weighted by Crippen LogP contribution is 2.44. The summed E-state index contributed by atoms with van der Waals surface area (Å²) >= 11 is 0. The topological polar surface area (TPSA) is 65.0 Å². The van der Waals surface area contributed by atoms with Gasteiger partial charge in [-0.15, -0.1) is 0 Å². The summed E-state index contributed by atoms with van der Waals surface area (Å²) < 4.78 is 53.9. The van der Waals surface area contributed by atoms with E-state index in [0.29, 0.717) is 0 Å². The van der Waals surface area contributed by atoms with Gasteiger partial charge < -0.3 is 19.3 Å². The average molecular weight is 318 g/mol. The Morgan fingerprint density at radius 2 is 2.09 bits per heavy atom. The predicted molar refractivity (Wildman–Crippen MR) is 69.7 cm³/mol. The van der Waals surface area contributed by atoms with Crippen LogP contribution in [-0.2, 0) is 9.53 Å². The third kappa shape index (κ3) is 2.95. The monoisotopic (exact) mass is 318 g/mol. The summed E-state index contributed by atoms with van der Waals surface area (Å²) in [6.45, 7) is 1.41. The SMILES string of the molecule is CCOC(=O)C1=Cc2cc(O)cc(OC)c2OC1C(F)(F)F. The molecule has 0 spiro atoms. The quantitative estimate of drug-likeness (QED) is 0.868. The molecule has 0 fully saturated rings. The molecule has 0 bridgehead atoms. The lowest BCUT2D eigenvalue weighted by molar-refractivity contribution is -0.188. The van der Waals surface area contributed by atoms with Crippen molar-refractivity contribution >= 4 is 12.0 Å². The van der Waals surface area contributed by atoms with Crippen molar-refractivity contribution in [1.82, 2.24) is 0 Å². The van der Waals surface area contributed by atoms with E-state index in [0.717, 1.165) is 12.1 Å². The summed E-state index contributed by atoms with van der Waals surface area (Å²) in [6.07, 6.45) is -6.28. The zero-order valence-electron chi connectivity index (χ0n) is 11.7. The lowest BCUT2D eigenvalue weighted by atomic mass is 10.0. The Labute approximate surface area is 123 Å². The smallest absolute Gasteiger partial charge is 0.430 e. The maximum Gasteiger partial charge on any atom is 0.430 e. The molecule has 2 rings (SSSR count). The molecule has 22 heavy (non-hydrogen) atoms. The van der Waals surface area contributed by atoms with Gasteiger partial charge in [0.25, 0.3) is 0 Å². The lowest BCUT2D eigenvalue weighted by Crippen LogP contribution is -2.40. The first kappa shape index (κ1) is 16.0. The number of methoxy groups -OCH3 is 1. The van der Waals surface area contributed by atoms with Gasteiger partial charge in [-0.3, -0.25) is 0 Å². The minimum absolute atomic E-state index is 0.0663. The number of fused-ring (bicyclic) bond motifs is 1. The minimum atomic E-state index is -4.81. The van der Waals surface area contributed by atoms with Gasteiger partial charge in [-0.1, -0.05) is 0 Å². The van der Waals surface area contributed by atoms with Crippen LogP contribution in [0.4, 0.5) is 13.2 Å². The molecule has 1 atom stereocenters. The molecule has 0 saturated carbocycles. The van der Waals surface area contributed by atoms with Crippen LogP contribution in [0.15, 0.2) is 17.7 Å². The van der Waals surface area contributed by atoms with Crippen LogP contribution in [0.1, 0.15) is 12.5 Å². The second-order valence-electron chi connectivity index (χ2n) is 4.43.